The van der Waals surface area contributed by atoms with Crippen molar-refractivity contribution >= 4 is 17.2 Å². The Balaban J connectivity index is 2.10. The molecule has 1 amide bonds. The molecule has 0 atom stereocenters. The molecule has 0 aliphatic carbocycles. The Hall–Kier alpha value is -1.81. The lowest BCUT2D eigenvalue weighted by molar-refractivity contribution is 0.1000. The minimum Gasteiger partial charge on any atom is -0.487 e. The van der Waals surface area contributed by atoms with E-state index in [9.17, 15) is 4.79 Å². The summed E-state index contributed by atoms with van der Waals surface area (Å²) in [4.78, 5) is 12.7. The minimum absolute atomic E-state index is 0.438. The fraction of sp³-hybridized carbons (Fsp3) is 0.214. The maximum Gasteiger partial charge on any atom is 0.262 e. The number of aryl methyl sites for hydroxylation is 2. The van der Waals surface area contributed by atoms with Gasteiger partial charge in [0, 0.05) is 4.88 Å². The standard InChI is InChI=1S/C14H15NO2S/c1-9-3-5-11(6-4-9)8-17-12-7-10(2)18-13(12)14(15)16/h3-7H,8H2,1-2H3,(H2,15,16). The average molecular weight is 261 g/mol. The van der Waals surface area contributed by atoms with Crippen molar-refractivity contribution in [1.29, 1.82) is 0 Å². The number of hydrogen-bond donors (Lipinski definition) is 1. The van der Waals surface area contributed by atoms with Gasteiger partial charge in [-0.25, -0.2) is 0 Å². The molecule has 0 saturated carbocycles. The summed E-state index contributed by atoms with van der Waals surface area (Å²) in [5.41, 5.74) is 7.59. The molecule has 0 unspecified atom stereocenters. The molecule has 0 saturated heterocycles. The van der Waals surface area contributed by atoms with Gasteiger partial charge in [-0.15, -0.1) is 11.3 Å². The smallest absolute Gasteiger partial charge is 0.262 e. The van der Waals surface area contributed by atoms with Crippen LogP contribution in [0.25, 0.3) is 0 Å². The molecule has 2 rings (SSSR count). The van der Waals surface area contributed by atoms with Gasteiger partial charge in [-0.05, 0) is 25.5 Å². The maximum atomic E-state index is 11.2. The number of carbonyl (C=O) groups excluding carboxylic acids is 1. The number of thiophene rings is 1. The summed E-state index contributed by atoms with van der Waals surface area (Å²) in [7, 11) is 0. The number of ether oxygens (including phenoxy) is 1. The van der Waals surface area contributed by atoms with Crippen molar-refractivity contribution in [1.82, 2.24) is 0 Å². The van der Waals surface area contributed by atoms with Gasteiger partial charge in [-0.2, -0.15) is 0 Å². The summed E-state index contributed by atoms with van der Waals surface area (Å²) >= 11 is 1.36. The number of amides is 1. The fourth-order valence-electron chi connectivity index (χ4n) is 1.62. The highest BCUT2D eigenvalue weighted by Crippen LogP contribution is 2.29. The van der Waals surface area contributed by atoms with Crippen LogP contribution in [0.5, 0.6) is 5.75 Å². The summed E-state index contributed by atoms with van der Waals surface area (Å²) in [6.07, 6.45) is 0. The first-order valence-corrected chi connectivity index (χ1v) is 6.46. The first-order chi connectivity index (χ1) is 8.56. The zero-order valence-electron chi connectivity index (χ0n) is 10.4. The van der Waals surface area contributed by atoms with E-state index in [1.165, 1.54) is 16.9 Å². The van der Waals surface area contributed by atoms with Crippen LogP contribution in [0.2, 0.25) is 0 Å². The molecule has 1 heterocycles. The van der Waals surface area contributed by atoms with E-state index in [-0.39, 0.29) is 0 Å². The Labute approximate surface area is 110 Å². The molecular weight excluding hydrogens is 246 g/mol. The van der Waals surface area contributed by atoms with Crippen molar-refractivity contribution < 1.29 is 9.53 Å². The molecular formula is C14H15NO2S. The maximum absolute atomic E-state index is 11.2. The number of benzene rings is 1. The molecule has 0 bridgehead atoms. The van der Waals surface area contributed by atoms with E-state index in [2.05, 4.69) is 0 Å². The van der Waals surface area contributed by atoms with Gasteiger partial charge in [0.1, 0.15) is 17.2 Å². The van der Waals surface area contributed by atoms with Crippen LogP contribution in [0.1, 0.15) is 25.7 Å². The van der Waals surface area contributed by atoms with Crippen LogP contribution in [0.3, 0.4) is 0 Å². The van der Waals surface area contributed by atoms with Crippen molar-refractivity contribution in [3.63, 3.8) is 0 Å². The Morgan fingerprint density at radius 3 is 2.56 bits per heavy atom. The van der Waals surface area contributed by atoms with E-state index in [1.807, 2.05) is 44.2 Å². The van der Waals surface area contributed by atoms with Crippen LogP contribution in [-0.4, -0.2) is 5.91 Å². The lowest BCUT2D eigenvalue weighted by Gasteiger charge is -2.06. The molecule has 0 radical (unpaired) electrons. The predicted molar refractivity (Wildman–Crippen MR) is 73.1 cm³/mol. The van der Waals surface area contributed by atoms with Crippen molar-refractivity contribution in [3.8, 4) is 5.75 Å². The van der Waals surface area contributed by atoms with E-state index in [0.717, 1.165) is 10.4 Å². The summed E-state index contributed by atoms with van der Waals surface area (Å²) in [6, 6.07) is 9.94. The van der Waals surface area contributed by atoms with E-state index in [0.29, 0.717) is 17.2 Å². The van der Waals surface area contributed by atoms with Crippen molar-refractivity contribution in [3.05, 3.63) is 51.2 Å². The van der Waals surface area contributed by atoms with Gasteiger partial charge < -0.3 is 10.5 Å². The molecule has 0 spiro atoms. The number of rotatable bonds is 4. The summed E-state index contributed by atoms with van der Waals surface area (Å²) in [6.45, 7) is 4.41. The lowest BCUT2D eigenvalue weighted by Crippen LogP contribution is -2.10. The number of carbonyl (C=O) groups is 1. The monoisotopic (exact) mass is 261 g/mol. The lowest BCUT2D eigenvalue weighted by atomic mass is 10.2. The second-order valence-corrected chi connectivity index (χ2v) is 5.45. The zero-order chi connectivity index (χ0) is 13.1. The number of hydrogen-bond acceptors (Lipinski definition) is 3. The highest BCUT2D eigenvalue weighted by Gasteiger charge is 2.13. The second-order valence-electron chi connectivity index (χ2n) is 4.19. The molecule has 0 aliphatic rings. The molecule has 1 aromatic carbocycles. The molecule has 3 nitrogen and oxygen atoms in total. The number of primary amides is 1. The van der Waals surface area contributed by atoms with Gasteiger partial charge in [0.25, 0.3) is 5.91 Å². The zero-order valence-corrected chi connectivity index (χ0v) is 11.2. The first kappa shape index (κ1) is 12.6. The van der Waals surface area contributed by atoms with Crippen LogP contribution in [0.4, 0.5) is 0 Å². The van der Waals surface area contributed by atoms with Crippen LogP contribution in [0.15, 0.2) is 30.3 Å². The van der Waals surface area contributed by atoms with Crippen molar-refractivity contribution in [2.24, 2.45) is 5.73 Å². The SMILES string of the molecule is Cc1ccc(COc2cc(C)sc2C(N)=O)cc1. The van der Waals surface area contributed by atoms with Crippen LogP contribution < -0.4 is 10.5 Å². The van der Waals surface area contributed by atoms with E-state index < -0.39 is 5.91 Å². The minimum atomic E-state index is -0.438. The fourth-order valence-corrected chi connectivity index (χ4v) is 2.42. The Morgan fingerprint density at radius 2 is 1.94 bits per heavy atom. The molecule has 4 heteroatoms. The Bertz CT molecular complexity index is 558. The number of nitrogens with two attached hydrogens (primary N) is 1. The first-order valence-electron chi connectivity index (χ1n) is 5.65. The van der Waals surface area contributed by atoms with Crippen LogP contribution in [-0.2, 0) is 6.61 Å². The molecule has 94 valence electrons. The molecule has 2 aromatic rings. The van der Waals surface area contributed by atoms with E-state index >= 15 is 0 Å². The predicted octanol–water partition coefficient (Wildman–Crippen LogP) is 3.04. The van der Waals surface area contributed by atoms with Gasteiger partial charge in [0.2, 0.25) is 0 Å². The largest absolute Gasteiger partial charge is 0.487 e. The summed E-state index contributed by atoms with van der Waals surface area (Å²) in [5, 5.41) is 0. The normalized spacial score (nSPS) is 10.3. The third-order valence-electron chi connectivity index (χ3n) is 2.56. The van der Waals surface area contributed by atoms with Crippen LogP contribution in [0, 0.1) is 13.8 Å². The van der Waals surface area contributed by atoms with E-state index in [1.54, 1.807) is 0 Å². The molecule has 0 aliphatic heterocycles. The van der Waals surface area contributed by atoms with Gasteiger partial charge in [-0.3, -0.25) is 4.79 Å². The van der Waals surface area contributed by atoms with Gasteiger partial charge >= 0.3 is 0 Å². The Morgan fingerprint density at radius 1 is 1.28 bits per heavy atom. The second kappa shape index (κ2) is 5.23. The third-order valence-corrected chi connectivity index (χ3v) is 3.61. The highest BCUT2D eigenvalue weighted by molar-refractivity contribution is 7.14. The van der Waals surface area contributed by atoms with Gasteiger partial charge in [-0.1, -0.05) is 29.8 Å². The quantitative estimate of drug-likeness (QED) is 0.919. The molecule has 0 fully saturated rings. The van der Waals surface area contributed by atoms with E-state index in [4.69, 9.17) is 10.5 Å². The average Bonchev–Trinajstić information content (AvgIpc) is 2.70. The van der Waals surface area contributed by atoms with Gasteiger partial charge in [0.05, 0.1) is 0 Å². The molecule has 18 heavy (non-hydrogen) atoms. The third kappa shape index (κ3) is 2.90. The summed E-state index contributed by atoms with van der Waals surface area (Å²) in [5.74, 6) is 0.137. The Kier molecular flexibility index (Phi) is 3.67. The molecule has 1 aromatic heterocycles. The van der Waals surface area contributed by atoms with Crippen molar-refractivity contribution in [2.45, 2.75) is 20.5 Å². The van der Waals surface area contributed by atoms with Crippen LogP contribution >= 0.6 is 11.3 Å². The highest BCUT2D eigenvalue weighted by atomic mass is 32.1. The summed E-state index contributed by atoms with van der Waals surface area (Å²) < 4.78 is 5.65. The van der Waals surface area contributed by atoms with Gasteiger partial charge in [0.15, 0.2) is 0 Å². The topological polar surface area (TPSA) is 52.3 Å². The van der Waals surface area contributed by atoms with Crippen molar-refractivity contribution in [2.75, 3.05) is 0 Å². The molecule has 2 N–H and O–H groups in total.